The smallest absolute Gasteiger partial charge is 0.323 e. The lowest BCUT2D eigenvalue weighted by molar-refractivity contribution is -0.387. The summed E-state index contributed by atoms with van der Waals surface area (Å²) in [7, 11) is 1.00. The van der Waals surface area contributed by atoms with Crippen LogP contribution in [0, 0.1) is 41.4 Å². The highest BCUT2D eigenvalue weighted by Gasteiger charge is 2.25. The predicted molar refractivity (Wildman–Crippen MR) is 312 cm³/mol. The zero-order valence-corrected chi connectivity index (χ0v) is 48.4. The zero-order chi connectivity index (χ0) is 58.9. The van der Waals surface area contributed by atoms with Crippen molar-refractivity contribution in [3.63, 3.8) is 0 Å². The number of halogens is 5. The second kappa shape index (κ2) is 36.0. The van der Waals surface area contributed by atoms with Crippen LogP contribution >= 0.6 is 24.8 Å². The molecule has 5 aromatic rings. The van der Waals surface area contributed by atoms with Crippen LogP contribution in [-0.2, 0) is 38.8 Å². The minimum atomic E-state index is -0.772. The third kappa shape index (κ3) is 23.1. The Kier molecular flexibility index (Phi) is 31.0. The van der Waals surface area contributed by atoms with E-state index in [4.69, 9.17) is 15.9 Å². The number of piperazine rings is 3. The number of pyridine rings is 2. The van der Waals surface area contributed by atoms with Crippen LogP contribution in [-0.4, -0.2) is 176 Å². The standard InChI is InChI=1S/C20H24FN5O3.C13H16FN3O3.C13H18FN3O.C8H10N2O.CH4O.2ClH/c1-14-5-6-16(11-22-14)23-20(29)24-17-4-2-3-15(19(17)21)12-25-7-9-26(10-8-25)18(28)13-27;1-10(18)16-7-5-15(6-8-16)9-11-3-2-4-12(13(11)14)17(19)20;1-10(18)17-7-5-16(6-8-17)9-11-3-2-4-12(15)13(11)14;1-6-3-4-8(5-9-6)10-7(2)11;1-2;;/h2-6,11,27H,7-10,12-13H2,1H3,(H2,23,24,29);2-4H,5-9H2,1H3;2-4H,5-9,15H2,1H3;3-5H,1-2H3,(H,10,11);2H,1H3;2*1H. The molecule has 448 valence electrons. The van der Waals surface area contributed by atoms with Crippen molar-refractivity contribution in [2.75, 3.05) is 114 Å². The first-order valence-corrected chi connectivity index (χ1v) is 25.7. The van der Waals surface area contributed by atoms with Crippen molar-refractivity contribution >= 4 is 82.9 Å². The first-order chi connectivity index (χ1) is 38.2. The van der Waals surface area contributed by atoms with Gasteiger partial charge in [0, 0.05) is 160 Å². The van der Waals surface area contributed by atoms with E-state index in [0.29, 0.717) is 107 Å². The summed E-state index contributed by atoms with van der Waals surface area (Å²) in [5.74, 6) is -1.82. The number of hydrogen-bond donors (Lipinski definition) is 6. The minimum Gasteiger partial charge on any atom is -0.400 e. The highest BCUT2D eigenvalue weighted by atomic mass is 35.5. The third-order valence-corrected chi connectivity index (χ3v) is 12.8. The average molecular weight is 1190 g/mol. The van der Waals surface area contributed by atoms with Gasteiger partial charge in [-0.25, -0.2) is 13.6 Å². The number of aryl methyl sites for hydroxylation is 2. The molecule has 3 aromatic carbocycles. The fraction of sp³-hybridized carbons (Fsp3) is 0.400. The van der Waals surface area contributed by atoms with Gasteiger partial charge in [-0.3, -0.25) is 54.0 Å². The van der Waals surface area contributed by atoms with Crippen molar-refractivity contribution in [1.82, 2.24) is 39.4 Å². The highest BCUT2D eigenvalue weighted by Crippen LogP contribution is 2.23. The van der Waals surface area contributed by atoms with Crippen molar-refractivity contribution in [3.8, 4) is 0 Å². The maximum atomic E-state index is 14.9. The number of hydrogen-bond acceptors (Lipinski definition) is 15. The largest absolute Gasteiger partial charge is 0.400 e. The number of carbonyl (C=O) groups excluding carboxylic acids is 5. The lowest BCUT2D eigenvalue weighted by Gasteiger charge is -2.34. The number of aliphatic hydroxyl groups excluding tert-OH is 2. The first kappa shape index (κ1) is 70.6. The van der Waals surface area contributed by atoms with Gasteiger partial charge in [-0.15, -0.1) is 24.8 Å². The van der Waals surface area contributed by atoms with Crippen LogP contribution in [0.2, 0.25) is 0 Å². The van der Waals surface area contributed by atoms with Crippen LogP contribution in [0.1, 0.15) is 48.8 Å². The molecule has 0 atom stereocenters. The molecule has 0 radical (unpaired) electrons. The Bertz CT molecular complexity index is 2840. The Morgan fingerprint density at radius 1 is 0.573 bits per heavy atom. The number of nitrogen functional groups attached to an aromatic ring is 1. The third-order valence-electron chi connectivity index (χ3n) is 12.8. The van der Waals surface area contributed by atoms with E-state index in [0.717, 1.165) is 43.3 Å². The number of anilines is 4. The minimum absolute atomic E-state index is 0. The lowest BCUT2D eigenvalue weighted by atomic mass is 10.1. The molecule has 7 N–H and O–H groups in total. The molecule has 3 aliphatic rings. The topological polar surface area (TPSA) is 276 Å². The SMILES string of the molecule is CC(=O)N1CCN(Cc2cccc(N)c2F)CC1.CC(=O)N1CCN(Cc2cccc([N+](=O)[O-])c2F)CC1.CC(=O)Nc1ccc(C)nc1.CO.Cc1ccc(NC(=O)Nc2cccc(CN3CCN(C(=O)CO)CC3)c2F)cn1.Cl.Cl. The summed E-state index contributed by atoms with van der Waals surface area (Å²) < 4.78 is 42.6. The van der Waals surface area contributed by atoms with E-state index in [1.54, 1.807) is 71.5 Å². The fourth-order valence-electron chi connectivity index (χ4n) is 8.34. The number of nitrogens with zero attached hydrogens (tertiary/aromatic N) is 9. The summed E-state index contributed by atoms with van der Waals surface area (Å²) in [5.41, 5.74) is 9.75. The van der Waals surface area contributed by atoms with Gasteiger partial charge in [0.15, 0.2) is 11.6 Å². The molecule has 0 unspecified atom stereocenters. The van der Waals surface area contributed by atoms with Crippen molar-refractivity contribution < 1.29 is 52.3 Å². The molecule has 0 aliphatic carbocycles. The number of urea groups is 1. The number of aliphatic hydroxyl groups is 2. The average Bonchev–Trinajstić information content (AvgIpc) is 3.44. The van der Waals surface area contributed by atoms with Crippen LogP contribution in [0.4, 0.5) is 46.4 Å². The number of nitro benzene ring substituents is 1. The van der Waals surface area contributed by atoms with E-state index in [-0.39, 0.29) is 65.6 Å². The summed E-state index contributed by atoms with van der Waals surface area (Å²) in [6.45, 7) is 16.7. The van der Waals surface area contributed by atoms with Gasteiger partial charge in [-0.05, 0) is 50.2 Å². The predicted octanol–water partition coefficient (Wildman–Crippen LogP) is 6.08. The number of benzene rings is 3. The molecule has 6 amide bonds. The van der Waals surface area contributed by atoms with Gasteiger partial charge in [0.05, 0.1) is 40.1 Å². The van der Waals surface area contributed by atoms with E-state index in [2.05, 4.69) is 30.8 Å². The molecule has 3 aliphatic heterocycles. The van der Waals surface area contributed by atoms with Crippen molar-refractivity contribution in [3.05, 3.63) is 147 Å². The molecule has 2 aromatic heterocycles. The quantitative estimate of drug-likeness (QED) is 0.0497. The van der Waals surface area contributed by atoms with E-state index >= 15 is 0 Å². The summed E-state index contributed by atoms with van der Waals surface area (Å²) in [6, 6.07) is 20.8. The van der Waals surface area contributed by atoms with Crippen LogP contribution in [0.3, 0.4) is 0 Å². The molecule has 3 saturated heterocycles. The Morgan fingerprint density at radius 2 is 0.976 bits per heavy atom. The van der Waals surface area contributed by atoms with Gasteiger partial charge >= 0.3 is 11.7 Å². The number of nitro groups is 1. The number of rotatable bonds is 11. The van der Waals surface area contributed by atoms with Crippen molar-refractivity contribution in [1.29, 1.82) is 0 Å². The van der Waals surface area contributed by atoms with E-state index in [1.807, 2.05) is 40.7 Å². The second-order valence-electron chi connectivity index (χ2n) is 18.6. The Balaban J connectivity index is 0.000000384. The number of amides is 6. The number of nitrogens with one attached hydrogen (secondary N) is 3. The van der Waals surface area contributed by atoms with E-state index in [9.17, 15) is 47.3 Å². The van der Waals surface area contributed by atoms with Crippen LogP contribution in [0.15, 0.2) is 91.3 Å². The fourth-order valence-corrected chi connectivity index (χ4v) is 8.34. The van der Waals surface area contributed by atoms with Gasteiger partial charge in [0.1, 0.15) is 6.61 Å². The Labute approximate surface area is 487 Å². The van der Waals surface area contributed by atoms with Gasteiger partial charge in [-0.2, -0.15) is 4.39 Å². The molecule has 0 saturated carbocycles. The molecule has 0 bridgehead atoms. The second-order valence-corrected chi connectivity index (χ2v) is 18.6. The monoisotopic (exact) mass is 1190 g/mol. The van der Waals surface area contributed by atoms with Gasteiger partial charge in [0.2, 0.25) is 29.4 Å². The first-order valence-electron chi connectivity index (χ1n) is 25.7. The molecule has 8 rings (SSSR count). The zero-order valence-electron chi connectivity index (χ0n) is 46.8. The maximum Gasteiger partial charge on any atom is 0.323 e. The number of nitrogens with two attached hydrogens (primary N) is 1. The summed E-state index contributed by atoms with van der Waals surface area (Å²) in [4.78, 5) is 86.0. The lowest BCUT2D eigenvalue weighted by Crippen LogP contribution is -2.49. The molecular formula is C55H74Cl2F3N13O9. The maximum absolute atomic E-state index is 14.9. The van der Waals surface area contributed by atoms with Crippen molar-refractivity contribution in [2.24, 2.45) is 0 Å². The van der Waals surface area contributed by atoms with E-state index < -0.39 is 34.9 Å². The molecule has 0 spiro atoms. The van der Waals surface area contributed by atoms with Gasteiger partial charge in [0.25, 0.3) is 0 Å². The summed E-state index contributed by atoms with van der Waals surface area (Å²) >= 11 is 0. The van der Waals surface area contributed by atoms with Crippen molar-refractivity contribution in [2.45, 2.75) is 54.3 Å². The van der Waals surface area contributed by atoms with Gasteiger partial charge in [-0.1, -0.05) is 36.4 Å². The molecule has 22 nitrogen and oxygen atoms in total. The molecule has 27 heteroatoms. The van der Waals surface area contributed by atoms with Crippen LogP contribution in [0.25, 0.3) is 0 Å². The normalized spacial score (nSPS) is 14.1. The summed E-state index contributed by atoms with van der Waals surface area (Å²) in [5, 5.41) is 34.4. The molecular weight excluding hydrogens is 1110 g/mol. The Hall–Kier alpha value is -7.52. The molecule has 3 fully saturated rings. The van der Waals surface area contributed by atoms with Gasteiger partial charge < -0.3 is 46.6 Å². The highest BCUT2D eigenvalue weighted by molar-refractivity contribution is 5.99. The number of carbonyl (C=O) groups is 5. The van der Waals surface area contributed by atoms with Crippen LogP contribution in [0.5, 0.6) is 0 Å². The Morgan fingerprint density at radius 3 is 1.38 bits per heavy atom. The number of aromatic nitrogens is 2. The van der Waals surface area contributed by atoms with Crippen LogP contribution < -0.4 is 21.7 Å². The molecule has 5 heterocycles. The summed E-state index contributed by atoms with van der Waals surface area (Å²) in [6.07, 6.45) is 3.17. The van der Waals surface area contributed by atoms with E-state index in [1.165, 1.54) is 32.2 Å². The molecule has 82 heavy (non-hydrogen) atoms.